The average Bonchev–Trinajstić information content (AvgIpc) is 2.48. The van der Waals surface area contributed by atoms with Gasteiger partial charge in [-0.05, 0) is 47.0 Å². The Kier molecular flexibility index (Phi) is 3.62. The average molecular weight is 282 g/mol. The standard InChI is InChI=1S/C18H16ClN/c1-13-6-7-14(10-18(13)19)12-20-17-9-8-15-4-2-3-5-16(15)11-17/h2-11,20H,12H2,1H3. The van der Waals surface area contributed by atoms with Crippen molar-refractivity contribution in [3.63, 3.8) is 0 Å². The molecule has 0 amide bonds. The second-order valence-electron chi connectivity index (χ2n) is 5.00. The van der Waals surface area contributed by atoms with E-state index in [1.54, 1.807) is 0 Å². The molecule has 3 rings (SSSR count). The van der Waals surface area contributed by atoms with Crippen LogP contribution in [0.3, 0.4) is 0 Å². The van der Waals surface area contributed by atoms with E-state index >= 15 is 0 Å². The molecule has 0 heterocycles. The van der Waals surface area contributed by atoms with Crippen LogP contribution < -0.4 is 5.32 Å². The monoisotopic (exact) mass is 281 g/mol. The summed E-state index contributed by atoms with van der Waals surface area (Å²) in [7, 11) is 0. The molecule has 20 heavy (non-hydrogen) atoms. The van der Waals surface area contributed by atoms with Gasteiger partial charge in [0.1, 0.15) is 0 Å². The first kappa shape index (κ1) is 13.0. The Morgan fingerprint density at radius 3 is 2.50 bits per heavy atom. The minimum atomic E-state index is 0.776. The van der Waals surface area contributed by atoms with Gasteiger partial charge in [0.05, 0.1) is 0 Å². The van der Waals surface area contributed by atoms with E-state index < -0.39 is 0 Å². The lowest BCUT2D eigenvalue weighted by molar-refractivity contribution is 1.15. The normalized spacial score (nSPS) is 10.7. The van der Waals surface area contributed by atoms with Gasteiger partial charge in [-0.25, -0.2) is 0 Å². The van der Waals surface area contributed by atoms with Gasteiger partial charge in [0.25, 0.3) is 0 Å². The summed E-state index contributed by atoms with van der Waals surface area (Å²) < 4.78 is 0. The zero-order valence-electron chi connectivity index (χ0n) is 11.4. The molecule has 0 fully saturated rings. The zero-order valence-corrected chi connectivity index (χ0v) is 12.1. The quantitative estimate of drug-likeness (QED) is 0.676. The summed E-state index contributed by atoms with van der Waals surface area (Å²) in [6, 6.07) is 21.0. The molecule has 0 aromatic heterocycles. The number of nitrogens with one attached hydrogen (secondary N) is 1. The largest absolute Gasteiger partial charge is 0.381 e. The van der Waals surface area contributed by atoms with Crippen LogP contribution in [0.15, 0.2) is 60.7 Å². The summed E-state index contributed by atoms with van der Waals surface area (Å²) >= 11 is 6.15. The van der Waals surface area contributed by atoms with Crippen LogP contribution in [0, 0.1) is 6.92 Å². The fourth-order valence-electron chi connectivity index (χ4n) is 2.25. The van der Waals surface area contributed by atoms with E-state index in [4.69, 9.17) is 11.6 Å². The molecule has 100 valence electrons. The van der Waals surface area contributed by atoms with Crippen molar-refractivity contribution in [2.75, 3.05) is 5.32 Å². The van der Waals surface area contributed by atoms with Gasteiger partial charge in [0.15, 0.2) is 0 Å². The smallest absolute Gasteiger partial charge is 0.0438 e. The summed E-state index contributed by atoms with van der Waals surface area (Å²) in [5.41, 5.74) is 3.43. The Hall–Kier alpha value is -1.99. The molecule has 0 aliphatic rings. The van der Waals surface area contributed by atoms with Crippen molar-refractivity contribution in [2.24, 2.45) is 0 Å². The molecule has 1 N–H and O–H groups in total. The van der Waals surface area contributed by atoms with Crippen LogP contribution in [0.5, 0.6) is 0 Å². The number of aryl methyl sites for hydroxylation is 1. The number of halogens is 1. The lowest BCUT2D eigenvalue weighted by atomic mass is 10.1. The Morgan fingerprint density at radius 2 is 1.70 bits per heavy atom. The number of fused-ring (bicyclic) bond motifs is 1. The number of hydrogen-bond donors (Lipinski definition) is 1. The fraction of sp³-hybridized carbons (Fsp3) is 0.111. The van der Waals surface area contributed by atoms with Crippen LogP contribution in [0.2, 0.25) is 5.02 Å². The molecule has 3 aromatic carbocycles. The molecular weight excluding hydrogens is 266 g/mol. The lowest BCUT2D eigenvalue weighted by Crippen LogP contribution is -1.99. The summed E-state index contributed by atoms with van der Waals surface area (Å²) in [4.78, 5) is 0. The number of benzene rings is 3. The number of anilines is 1. The van der Waals surface area contributed by atoms with Crippen LogP contribution in [0.4, 0.5) is 5.69 Å². The Bertz CT molecular complexity index is 749. The van der Waals surface area contributed by atoms with E-state index in [9.17, 15) is 0 Å². The third-order valence-electron chi connectivity index (χ3n) is 3.48. The van der Waals surface area contributed by atoms with Crippen molar-refractivity contribution in [3.05, 3.63) is 76.8 Å². The molecule has 1 nitrogen and oxygen atoms in total. The summed E-state index contributed by atoms with van der Waals surface area (Å²) in [6.07, 6.45) is 0. The molecule has 2 heteroatoms. The highest BCUT2D eigenvalue weighted by atomic mass is 35.5. The zero-order chi connectivity index (χ0) is 13.9. The molecule has 0 aliphatic heterocycles. The maximum Gasteiger partial charge on any atom is 0.0438 e. The predicted octanol–water partition coefficient (Wildman–Crippen LogP) is 5.41. The highest BCUT2D eigenvalue weighted by Gasteiger charge is 1.99. The molecular formula is C18H16ClN. The van der Waals surface area contributed by atoms with Crippen LogP contribution in [0.1, 0.15) is 11.1 Å². The Balaban J connectivity index is 1.77. The highest BCUT2D eigenvalue weighted by molar-refractivity contribution is 6.31. The summed E-state index contributed by atoms with van der Waals surface area (Å²) in [6.45, 7) is 2.79. The maximum absolute atomic E-state index is 6.15. The van der Waals surface area contributed by atoms with Crippen molar-refractivity contribution < 1.29 is 0 Å². The number of rotatable bonds is 3. The Labute approximate surface area is 124 Å². The van der Waals surface area contributed by atoms with Gasteiger partial charge < -0.3 is 5.32 Å². The van der Waals surface area contributed by atoms with Gasteiger partial charge in [0, 0.05) is 17.3 Å². The van der Waals surface area contributed by atoms with E-state index in [-0.39, 0.29) is 0 Å². The predicted molar refractivity (Wildman–Crippen MR) is 87.5 cm³/mol. The van der Waals surface area contributed by atoms with Crippen LogP contribution >= 0.6 is 11.6 Å². The van der Waals surface area contributed by atoms with Crippen molar-refractivity contribution in [1.82, 2.24) is 0 Å². The van der Waals surface area contributed by atoms with Gasteiger partial charge in [0.2, 0.25) is 0 Å². The van der Waals surface area contributed by atoms with E-state index in [0.29, 0.717) is 0 Å². The van der Waals surface area contributed by atoms with Gasteiger partial charge in [-0.2, -0.15) is 0 Å². The summed E-state index contributed by atoms with van der Waals surface area (Å²) in [5, 5.41) is 6.77. The van der Waals surface area contributed by atoms with Gasteiger partial charge in [-0.3, -0.25) is 0 Å². The molecule has 0 unspecified atom stereocenters. The second-order valence-corrected chi connectivity index (χ2v) is 5.41. The summed E-state index contributed by atoms with van der Waals surface area (Å²) in [5.74, 6) is 0. The molecule has 3 aromatic rings. The Morgan fingerprint density at radius 1 is 0.900 bits per heavy atom. The van der Waals surface area contributed by atoms with E-state index in [2.05, 4.69) is 59.9 Å². The molecule has 0 saturated heterocycles. The first-order valence-electron chi connectivity index (χ1n) is 6.70. The fourth-order valence-corrected chi connectivity index (χ4v) is 2.45. The molecule has 0 spiro atoms. The van der Waals surface area contributed by atoms with Crippen molar-refractivity contribution in [1.29, 1.82) is 0 Å². The number of hydrogen-bond acceptors (Lipinski definition) is 1. The van der Waals surface area contributed by atoms with Crippen molar-refractivity contribution in [3.8, 4) is 0 Å². The third kappa shape index (κ3) is 2.78. The van der Waals surface area contributed by atoms with E-state index in [1.807, 2.05) is 13.0 Å². The molecule has 0 atom stereocenters. The van der Waals surface area contributed by atoms with Crippen LogP contribution in [0.25, 0.3) is 10.8 Å². The van der Waals surface area contributed by atoms with Crippen molar-refractivity contribution in [2.45, 2.75) is 13.5 Å². The maximum atomic E-state index is 6.15. The highest BCUT2D eigenvalue weighted by Crippen LogP contribution is 2.21. The SMILES string of the molecule is Cc1ccc(CNc2ccc3ccccc3c2)cc1Cl. The van der Waals surface area contributed by atoms with Gasteiger partial charge >= 0.3 is 0 Å². The molecule has 0 bridgehead atoms. The second kappa shape index (κ2) is 5.56. The van der Waals surface area contributed by atoms with E-state index in [0.717, 1.165) is 22.8 Å². The van der Waals surface area contributed by atoms with Crippen molar-refractivity contribution >= 4 is 28.1 Å². The van der Waals surface area contributed by atoms with Crippen LogP contribution in [-0.4, -0.2) is 0 Å². The minimum absolute atomic E-state index is 0.776. The molecule has 0 aliphatic carbocycles. The molecule has 0 radical (unpaired) electrons. The molecule has 0 saturated carbocycles. The topological polar surface area (TPSA) is 12.0 Å². The lowest BCUT2D eigenvalue weighted by Gasteiger charge is -2.09. The van der Waals surface area contributed by atoms with Crippen LogP contribution in [-0.2, 0) is 6.54 Å². The first-order valence-corrected chi connectivity index (χ1v) is 7.08. The first-order chi connectivity index (χ1) is 9.72. The van der Waals surface area contributed by atoms with Gasteiger partial charge in [-0.15, -0.1) is 0 Å². The van der Waals surface area contributed by atoms with E-state index in [1.165, 1.54) is 16.3 Å². The third-order valence-corrected chi connectivity index (χ3v) is 3.89. The minimum Gasteiger partial charge on any atom is -0.381 e. The van der Waals surface area contributed by atoms with Gasteiger partial charge in [-0.1, -0.05) is 54.1 Å².